The standard InChI is InChI=1S/C24H38N6O2/c1-3-18-15(2)21(28-27-18)24(32)30-12-7-6-10-20(30)22-25-19-14-29(16-8-4-5-9-16)13-11-17(19)23(31)26-22/h15-16,18,20-21,27-28H,3-14H2,1-2H3,(H,25,26,31). The van der Waals surface area contributed by atoms with E-state index in [9.17, 15) is 9.59 Å². The fourth-order valence-electron chi connectivity index (χ4n) is 6.33. The van der Waals surface area contributed by atoms with Gasteiger partial charge in [0.25, 0.3) is 5.56 Å². The van der Waals surface area contributed by atoms with Crippen molar-refractivity contribution in [3.05, 3.63) is 27.4 Å². The van der Waals surface area contributed by atoms with Gasteiger partial charge in [0.2, 0.25) is 5.91 Å². The van der Waals surface area contributed by atoms with Gasteiger partial charge >= 0.3 is 0 Å². The summed E-state index contributed by atoms with van der Waals surface area (Å²) in [6.45, 7) is 6.72. The molecule has 1 aromatic rings. The molecule has 1 saturated carbocycles. The van der Waals surface area contributed by atoms with E-state index in [1.54, 1.807) is 0 Å². The van der Waals surface area contributed by atoms with Crippen molar-refractivity contribution in [3.8, 4) is 0 Å². The minimum atomic E-state index is -0.234. The molecule has 1 aromatic heterocycles. The van der Waals surface area contributed by atoms with E-state index in [4.69, 9.17) is 4.98 Å². The van der Waals surface area contributed by atoms with Crippen LogP contribution in [-0.4, -0.2) is 56.9 Å². The molecule has 8 heteroatoms. The van der Waals surface area contributed by atoms with Crippen LogP contribution in [0.15, 0.2) is 4.79 Å². The highest BCUT2D eigenvalue weighted by atomic mass is 16.2. The van der Waals surface area contributed by atoms with Crippen molar-refractivity contribution in [1.82, 2.24) is 30.6 Å². The first-order valence-electron chi connectivity index (χ1n) is 12.7. The number of hydrogen-bond acceptors (Lipinski definition) is 6. The highest BCUT2D eigenvalue weighted by Gasteiger charge is 2.41. The van der Waals surface area contributed by atoms with Crippen molar-refractivity contribution in [3.63, 3.8) is 0 Å². The van der Waals surface area contributed by atoms with Crippen LogP contribution < -0.4 is 16.4 Å². The van der Waals surface area contributed by atoms with Gasteiger partial charge in [-0.15, -0.1) is 0 Å². The van der Waals surface area contributed by atoms with Gasteiger partial charge in [0.15, 0.2) is 0 Å². The Hall–Kier alpha value is -1.77. The SMILES string of the molecule is CCC1NNC(C(=O)N2CCCCC2c2nc3c(c(=O)[nH]2)CCN(C2CCCC2)C3)C1C. The minimum absolute atomic E-state index is 0.00545. The Morgan fingerprint density at radius 2 is 1.88 bits per heavy atom. The number of rotatable bonds is 4. The summed E-state index contributed by atoms with van der Waals surface area (Å²) in [6.07, 6.45) is 9.79. The third kappa shape index (κ3) is 4.01. The fraction of sp³-hybridized carbons (Fsp3) is 0.792. The Bertz CT molecular complexity index is 895. The lowest BCUT2D eigenvalue weighted by molar-refractivity contribution is -0.138. The van der Waals surface area contributed by atoms with Crippen LogP contribution in [0.2, 0.25) is 0 Å². The topological polar surface area (TPSA) is 93.4 Å². The van der Waals surface area contributed by atoms with E-state index < -0.39 is 0 Å². The molecule has 176 valence electrons. The van der Waals surface area contributed by atoms with Crippen LogP contribution in [0.4, 0.5) is 0 Å². The summed E-state index contributed by atoms with van der Waals surface area (Å²) >= 11 is 0. The molecule has 3 fully saturated rings. The summed E-state index contributed by atoms with van der Waals surface area (Å²) < 4.78 is 0. The molecular weight excluding hydrogens is 404 g/mol. The highest BCUT2D eigenvalue weighted by molar-refractivity contribution is 5.83. The minimum Gasteiger partial charge on any atom is -0.331 e. The van der Waals surface area contributed by atoms with Gasteiger partial charge in [-0.2, -0.15) is 0 Å². The Morgan fingerprint density at radius 3 is 2.62 bits per heavy atom. The molecule has 32 heavy (non-hydrogen) atoms. The largest absolute Gasteiger partial charge is 0.331 e. The van der Waals surface area contributed by atoms with Gasteiger partial charge in [-0.3, -0.25) is 19.9 Å². The lowest BCUT2D eigenvalue weighted by atomic mass is 9.92. The Morgan fingerprint density at radius 1 is 1.09 bits per heavy atom. The molecule has 1 aliphatic carbocycles. The average Bonchev–Trinajstić information content (AvgIpc) is 3.48. The van der Waals surface area contributed by atoms with Crippen molar-refractivity contribution in [2.24, 2.45) is 5.92 Å². The van der Waals surface area contributed by atoms with Gasteiger partial charge < -0.3 is 9.88 Å². The number of nitrogens with one attached hydrogen (secondary N) is 3. The van der Waals surface area contributed by atoms with Crippen LogP contribution in [-0.2, 0) is 17.8 Å². The van der Waals surface area contributed by atoms with E-state index in [1.165, 1.54) is 25.7 Å². The fourth-order valence-corrected chi connectivity index (χ4v) is 6.33. The molecule has 4 heterocycles. The number of nitrogens with zero attached hydrogens (tertiary/aromatic N) is 3. The third-order valence-corrected chi connectivity index (χ3v) is 8.35. The zero-order chi connectivity index (χ0) is 22.2. The van der Waals surface area contributed by atoms with Crippen molar-refractivity contribution in [2.45, 2.75) is 102 Å². The molecule has 5 rings (SSSR count). The molecule has 4 unspecified atom stereocenters. The van der Waals surface area contributed by atoms with E-state index in [0.717, 1.165) is 63.0 Å². The molecule has 0 aromatic carbocycles. The average molecular weight is 443 g/mol. The summed E-state index contributed by atoms with van der Waals surface area (Å²) in [5.41, 5.74) is 8.29. The van der Waals surface area contributed by atoms with Gasteiger partial charge in [0, 0.05) is 37.3 Å². The first-order valence-corrected chi connectivity index (χ1v) is 12.7. The van der Waals surface area contributed by atoms with Crippen LogP contribution >= 0.6 is 0 Å². The van der Waals surface area contributed by atoms with E-state index in [2.05, 4.69) is 34.6 Å². The Labute approximate surface area is 190 Å². The predicted molar refractivity (Wildman–Crippen MR) is 123 cm³/mol. The summed E-state index contributed by atoms with van der Waals surface area (Å²) in [5, 5.41) is 0. The summed E-state index contributed by atoms with van der Waals surface area (Å²) in [7, 11) is 0. The smallest absolute Gasteiger partial charge is 0.254 e. The molecule has 0 bridgehead atoms. The summed E-state index contributed by atoms with van der Waals surface area (Å²) in [4.78, 5) is 39.1. The lowest BCUT2D eigenvalue weighted by Crippen LogP contribution is -2.50. The maximum absolute atomic E-state index is 13.6. The maximum Gasteiger partial charge on any atom is 0.254 e. The van der Waals surface area contributed by atoms with Crippen molar-refractivity contribution in [1.29, 1.82) is 0 Å². The van der Waals surface area contributed by atoms with Crippen LogP contribution in [0.5, 0.6) is 0 Å². The van der Waals surface area contributed by atoms with Crippen molar-refractivity contribution < 1.29 is 4.79 Å². The number of aromatic amines is 1. The molecule has 2 saturated heterocycles. The Balaban J connectivity index is 1.39. The van der Waals surface area contributed by atoms with Crippen molar-refractivity contribution >= 4 is 5.91 Å². The van der Waals surface area contributed by atoms with Gasteiger partial charge in [-0.05, 0) is 50.9 Å². The number of likely N-dealkylation sites (tertiary alicyclic amines) is 1. The van der Waals surface area contributed by atoms with Crippen LogP contribution in [0.1, 0.15) is 88.3 Å². The lowest BCUT2D eigenvalue weighted by Gasteiger charge is -2.38. The second-order valence-corrected chi connectivity index (χ2v) is 10.2. The third-order valence-electron chi connectivity index (χ3n) is 8.35. The molecular formula is C24H38N6O2. The Kier molecular flexibility index (Phi) is 6.36. The first kappa shape index (κ1) is 22.0. The number of hydrogen-bond donors (Lipinski definition) is 3. The molecule has 4 aliphatic rings. The molecule has 0 radical (unpaired) electrons. The van der Waals surface area contributed by atoms with E-state index in [1.807, 2.05) is 4.90 Å². The number of hydrazine groups is 1. The quantitative estimate of drug-likeness (QED) is 0.661. The van der Waals surface area contributed by atoms with E-state index in [0.29, 0.717) is 17.9 Å². The number of amides is 1. The van der Waals surface area contributed by atoms with Crippen LogP contribution in [0.25, 0.3) is 0 Å². The second kappa shape index (κ2) is 9.23. The van der Waals surface area contributed by atoms with Crippen LogP contribution in [0, 0.1) is 5.92 Å². The van der Waals surface area contributed by atoms with E-state index in [-0.39, 0.29) is 29.5 Å². The normalized spacial score (nSPS) is 31.8. The number of carbonyl (C=O) groups is 1. The van der Waals surface area contributed by atoms with Gasteiger partial charge in [0.1, 0.15) is 11.9 Å². The van der Waals surface area contributed by atoms with Gasteiger partial charge in [-0.25, -0.2) is 10.4 Å². The zero-order valence-electron chi connectivity index (χ0n) is 19.5. The number of carbonyl (C=O) groups excluding carboxylic acids is 1. The zero-order valence-corrected chi connectivity index (χ0v) is 19.5. The first-order chi connectivity index (χ1) is 15.6. The van der Waals surface area contributed by atoms with Gasteiger partial charge in [-0.1, -0.05) is 26.7 Å². The molecule has 4 atom stereocenters. The number of piperidine rings is 1. The molecule has 3 aliphatic heterocycles. The van der Waals surface area contributed by atoms with Crippen LogP contribution in [0.3, 0.4) is 0 Å². The number of aromatic nitrogens is 2. The molecule has 3 N–H and O–H groups in total. The second-order valence-electron chi connectivity index (χ2n) is 10.2. The predicted octanol–water partition coefficient (Wildman–Crippen LogP) is 2.02. The number of H-pyrrole nitrogens is 1. The summed E-state index contributed by atoms with van der Waals surface area (Å²) in [6, 6.07) is 0.554. The van der Waals surface area contributed by atoms with Crippen molar-refractivity contribution in [2.75, 3.05) is 13.1 Å². The number of fused-ring (bicyclic) bond motifs is 1. The van der Waals surface area contributed by atoms with E-state index >= 15 is 0 Å². The molecule has 0 spiro atoms. The van der Waals surface area contributed by atoms with Gasteiger partial charge in [0.05, 0.1) is 11.7 Å². The maximum atomic E-state index is 13.6. The summed E-state index contributed by atoms with van der Waals surface area (Å²) in [5.74, 6) is 1.03. The molecule has 8 nitrogen and oxygen atoms in total. The highest BCUT2D eigenvalue weighted by Crippen LogP contribution is 2.32. The molecule has 1 amide bonds. The monoisotopic (exact) mass is 442 g/mol.